The molecule has 2 aromatic rings. The van der Waals surface area contributed by atoms with Gasteiger partial charge in [-0.15, -0.1) is 0 Å². The molecule has 1 aliphatic carbocycles. The zero-order valence-electron chi connectivity index (χ0n) is 22.5. The zero-order valence-corrected chi connectivity index (χ0v) is 22.5. The quantitative estimate of drug-likeness (QED) is 0.404. The van der Waals surface area contributed by atoms with Crippen molar-refractivity contribution in [3.05, 3.63) is 63.7 Å². The number of nitro groups is 1. The summed E-state index contributed by atoms with van der Waals surface area (Å²) in [5, 5.41) is 14.5. The van der Waals surface area contributed by atoms with E-state index in [1.165, 1.54) is 11.3 Å². The van der Waals surface area contributed by atoms with E-state index in [1.807, 2.05) is 11.0 Å². The minimum Gasteiger partial charge on any atom is -0.382 e. The lowest BCUT2D eigenvalue weighted by molar-refractivity contribution is -0.385. The molecule has 1 amide bonds. The summed E-state index contributed by atoms with van der Waals surface area (Å²) in [4.78, 5) is 27.7. The van der Waals surface area contributed by atoms with E-state index in [9.17, 15) is 14.9 Å². The summed E-state index contributed by atoms with van der Waals surface area (Å²) in [6, 6.07) is 14.3. The van der Waals surface area contributed by atoms with Crippen molar-refractivity contribution in [1.82, 2.24) is 4.90 Å². The van der Waals surface area contributed by atoms with Crippen LogP contribution in [-0.4, -0.2) is 60.7 Å². The highest BCUT2D eigenvalue weighted by Gasteiger charge is 2.26. The van der Waals surface area contributed by atoms with Crippen LogP contribution in [0.2, 0.25) is 0 Å². The molecule has 0 radical (unpaired) electrons. The standard InChI is InChI=1S/C29H40N4O4/c1-21-19-24(9-14-27(21)33(35)36)30-23-7-12-26(13-8-23)37-20-28(34)32-17-15-31(16-18-32)25-10-5-22(6-11-25)29(2,3)4/h5-6,9-11,14,19,23,26,30H,7-8,12-13,15-18,20H2,1-4H3/t23-,26-. The molecular weight excluding hydrogens is 468 g/mol. The number of nitro benzene ring substituents is 1. The number of aryl methyl sites for hydroxylation is 1. The largest absolute Gasteiger partial charge is 0.382 e. The first-order chi connectivity index (χ1) is 17.6. The average molecular weight is 509 g/mol. The van der Waals surface area contributed by atoms with Crippen LogP contribution >= 0.6 is 0 Å². The molecule has 4 rings (SSSR count). The van der Waals surface area contributed by atoms with E-state index < -0.39 is 0 Å². The van der Waals surface area contributed by atoms with Crippen molar-refractivity contribution < 1.29 is 14.5 Å². The Hall–Kier alpha value is -3.13. The van der Waals surface area contributed by atoms with Crippen LogP contribution in [0.1, 0.15) is 57.6 Å². The number of carbonyl (C=O) groups is 1. The Bertz CT molecular complexity index is 1080. The van der Waals surface area contributed by atoms with Gasteiger partial charge in [0.05, 0.1) is 11.0 Å². The third-order valence-corrected chi connectivity index (χ3v) is 7.61. The first-order valence-corrected chi connectivity index (χ1v) is 13.4. The van der Waals surface area contributed by atoms with Crippen LogP contribution in [0.3, 0.4) is 0 Å². The maximum absolute atomic E-state index is 12.8. The number of ether oxygens (including phenoxy) is 1. The topological polar surface area (TPSA) is 88.0 Å². The van der Waals surface area contributed by atoms with Crippen molar-refractivity contribution in [3.8, 4) is 0 Å². The third kappa shape index (κ3) is 7.01. The summed E-state index contributed by atoms with van der Waals surface area (Å²) >= 11 is 0. The molecular formula is C29H40N4O4. The molecule has 8 nitrogen and oxygen atoms in total. The van der Waals surface area contributed by atoms with Gasteiger partial charge in [0.25, 0.3) is 5.69 Å². The fraction of sp³-hybridized carbons (Fsp3) is 0.552. The van der Waals surface area contributed by atoms with Crippen molar-refractivity contribution >= 4 is 23.0 Å². The first kappa shape index (κ1) is 26.9. The molecule has 1 saturated heterocycles. The zero-order chi connectivity index (χ0) is 26.6. The van der Waals surface area contributed by atoms with E-state index in [1.54, 1.807) is 19.1 Å². The van der Waals surface area contributed by atoms with Crippen LogP contribution in [0.4, 0.5) is 17.1 Å². The molecule has 2 aromatic carbocycles. The Morgan fingerprint density at radius 1 is 1.03 bits per heavy atom. The van der Waals surface area contributed by atoms with Crippen molar-refractivity contribution in [2.24, 2.45) is 0 Å². The molecule has 37 heavy (non-hydrogen) atoms. The fourth-order valence-electron chi connectivity index (χ4n) is 5.23. The molecule has 1 aliphatic heterocycles. The van der Waals surface area contributed by atoms with Crippen LogP contribution < -0.4 is 10.2 Å². The maximum Gasteiger partial charge on any atom is 0.272 e. The van der Waals surface area contributed by atoms with E-state index in [0.717, 1.165) is 44.5 Å². The predicted octanol–water partition coefficient (Wildman–Crippen LogP) is 5.29. The van der Waals surface area contributed by atoms with Gasteiger partial charge in [-0.25, -0.2) is 0 Å². The highest BCUT2D eigenvalue weighted by atomic mass is 16.6. The smallest absolute Gasteiger partial charge is 0.272 e. The number of hydrogen-bond acceptors (Lipinski definition) is 6. The Kier molecular flexibility index (Phi) is 8.37. The van der Waals surface area contributed by atoms with Crippen molar-refractivity contribution in [3.63, 3.8) is 0 Å². The van der Waals surface area contributed by atoms with Gasteiger partial charge in [-0.05, 0) is 67.9 Å². The summed E-state index contributed by atoms with van der Waals surface area (Å²) in [6.07, 6.45) is 3.79. The fourth-order valence-corrected chi connectivity index (χ4v) is 5.23. The molecule has 0 atom stereocenters. The van der Waals surface area contributed by atoms with E-state index >= 15 is 0 Å². The van der Waals surface area contributed by atoms with Gasteiger partial charge in [0, 0.05) is 55.2 Å². The molecule has 2 fully saturated rings. The van der Waals surface area contributed by atoms with E-state index in [4.69, 9.17) is 4.74 Å². The highest BCUT2D eigenvalue weighted by Crippen LogP contribution is 2.28. The second-order valence-corrected chi connectivity index (χ2v) is 11.4. The summed E-state index contributed by atoms with van der Waals surface area (Å²) in [5.41, 5.74) is 4.39. The Morgan fingerprint density at radius 2 is 1.68 bits per heavy atom. The van der Waals surface area contributed by atoms with Crippen LogP contribution in [0.15, 0.2) is 42.5 Å². The minimum absolute atomic E-state index is 0.0735. The Balaban J connectivity index is 1.16. The number of carbonyl (C=O) groups excluding carboxylic acids is 1. The predicted molar refractivity (Wildman–Crippen MR) is 147 cm³/mol. The molecule has 200 valence electrons. The van der Waals surface area contributed by atoms with Crippen molar-refractivity contribution in [2.75, 3.05) is 43.0 Å². The SMILES string of the molecule is Cc1cc(N[C@H]2CC[C@H](OCC(=O)N3CCN(c4ccc(C(C)(C)C)cc4)CC3)CC2)ccc1[N+](=O)[O-]. The maximum atomic E-state index is 12.8. The van der Waals surface area contributed by atoms with Gasteiger partial charge in [-0.3, -0.25) is 14.9 Å². The first-order valence-electron chi connectivity index (χ1n) is 13.4. The van der Waals surface area contributed by atoms with Gasteiger partial charge < -0.3 is 19.9 Å². The number of amides is 1. The normalized spacial score (nSPS) is 20.5. The average Bonchev–Trinajstić information content (AvgIpc) is 2.87. The molecule has 2 aliphatic rings. The van der Waals surface area contributed by atoms with Crippen LogP contribution in [0.5, 0.6) is 0 Å². The Morgan fingerprint density at radius 3 is 2.24 bits per heavy atom. The molecule has 0 bridgehead atoms. The lowest BCUT2D eigenvalue weighted by Crippen LogP contribution is -2.50. The summed E-state index contributed by atoms with van der Waals surface area (Å²) < 4.78 is 6.01. The molecule has 0 aromatic heterocycles. The summed E-state index contributed by atoms with van der Waals surface area (Å²) in [5.74, 6) is 0.0735. The second-order valence-electron chi connectivity index (χ2n) is 11.4. The van der Waals surface area contributed by atoms with Gasteiger partial charge in [0.15, 0.2) is 0 Å². The van der Waals surface area contributed by atoms with Gasteiger partial charge in [0.2, 0.25) is 5.91 Å². The number of piperazine rings is 1. The third-order valence-electron chi connectivity index (χ3n) is 7.61. The lowest BCUT2D eigenvalue weighted by Gasteiger charge is -2.37. The van der Waals surface area contributed by atoms with Crippen LogP contribution in [0.25, 0.3) is 0 Å². The number of anilines is 2. The van der Waals surface area contributed by atoms with Gasteiger partial charge >= 0.3 is 0 Å². The monoisotopic (exact) mass is 508 g/mol. The number of benzene rings is 2. The van der Waals surface area contributed by atoms with E-state index in [-0.39, 0.29) is 34.6 Å². The second kappa shape index (κ2) is 11.5. The minimum atomic E-state index is -0.353. The number of nitrogens with one attached hydrogen (secondary N) is 1. The summed E-state index contributed by atoms with van der Waals surface area (Å²) in [7, 11) is 0. The van der Waals surface area contributed by atoms with Crippen molar-refractivity contribution in [1.29, 1.82) is 0 Å². The molecule has 1 N–H and O–H groups in total. The molecule has 1 saturated carbocycles. The molecule has 1 heterocycles. The van der Waals surface area contributed by atoms with Crippen LogP contribution in [-0.2, 0) is 14.9 Å². The van der Waals surface area contributed by atoms with Crippen LogP contribution in [0, 0.1) is 17.0 Å². The summed E-state index contributed by atoms with van der Waals surface area (Å²) in [6.45, 7) is 11.7. The lowest BCUT2D eigenvalue weighted by atomic mass is 9.87. The van der Waals surface area contributed by atoms with Gasteiger partial charge in [-0.1, -0.05) is 32.9 Å². The number of rotatable bonds is 7. The molecule has 8 heteroatoms. The van der Waals surface area contributed by atoms with Gasteiger partial charge in [0.1, 0.15) is 6.61 Å². The number of hydrogen-bond donors (Lipinski definition) is 1. The van der Waals surface area contributed by atoms with Gasteiger partial charge in [-0.2, -0.15) is 0 Å². The van der Waals surface area contributed by atoms with Crippen molar-refractivity contribution in [2.45, 2.75) is 70.9 Å². The molecule has 0 unspecified atom stereocenters. The van der Waals surface area contributed by atoms with E-state index in [2.05, 4.69) is 55.3 Å². The highest BCUT2D eigenvalue weighted by molar-refractivity contribution is 5.77. The van der Waals surface area contributed by atoms with E-state index in [0.29, 0.717) is 24.7 Å². The number of nitrogens with zero attached hydrogens (tertiary/aromatic N) is 3. The Labute approximate surface area is 220 Å². The molecule has 0 spiro atoms.